The van der Waals surface area contributed by atoms with Crippen molar-refractivity contribution in [2.75, 3.05) is 7.11 Å². The fourth-order valence-corrected chi connectivity index (χ4v) is 2.37. The average Bonchev–Trinajstić information content (AvgIpc) is 2.48. The first-order chi connectivity index (χ1) is 9.33. The molecule has 2 aromatic rings. The molecule has 0 saturated heterocycles. The van der Waals surface area contributed by atoms with Crippen LogP contribution in [0.3, 0.4) is 0 Å². The van der Waals surface area contributed by atoms with Crippen molar-refractivity contribution >= 4 is 0 Å². The molecule has 0 atom stereocenters. The third kappa shape index (κ3) is 3.85. The Kier molecular flexibility index (Phi) is 5.02. The van der Waals surface area contributed by atoms with Crippen molar-refractivity contribution in [3.05, 3.63) is 65.2 Å². The SMILES string of the molecule is CCc1ccc(OC)c(CCCc2ccccc2)c1. The van der Waals surface area contributed by atoms with Crippen LogP contribution in [0.1, 0.15) is 30.0 Å². The number of hydrogen-bond donors (Lipinski definition) is 0. The summed E-state index contributed by atoms with van der Waals surface area (Å²) in [7, 11) is 1.75. The second kappa shape index (κ2) is 6.98. The van der Waals surface area contributed by atoms with Crippen LogP contribution in [0.2, 0.25) is 0 Å². The Morgan fingerprint density at radius 3 is 2.37 bits per heavy atom. The average molecular weight is 254 g/mol. The molecule has 0 aliphatic carbocycles. The fourth-order valence-electron chi connectivity index (χ4n) is 2.37. The minimum Gasteiger partial charge on any atom is -0.496 e. The maximum absolute atomic E-state index is 5.45. The normalized spacial score (nSPS) is 10.4. The molecule has 1 heteroatoms. The number of ether oxygens (including phenoxy) is 1. The van der Waals surface area contributed by atoms with Crippen LogP contribution in [0.25, 0.3) is 0 Å². The predicted octanol–water partition coefficient (Wildman–Crippen LogP) is 4.43. The molecule has 2 rings (SSSR count). The summed E-state index contributed by atoms with van der Waals surface area (Å²) in [5, 5.41) is 0. The molecule has 0 fully saturated rings. The van der Waals surface area contributed by atoms with E-state index in [9.17, 15) is 0 Å². The highest BCUT2D eigenvalue weighted by Gasteiger charge is 2.04. The van der Waals surface area contributed by atoms with Crippen LogP contribution in [0.4, 0.5) is 0 Å². The Morgan fingerprint density at radius 1 is 0.895 bits per heavy atom. The molecule has 0 aliphatic heterocycles. The smallest absolute Gasteiger partial charge is 0.122 e. The van der Waals surface area contributed by atoms with Gasteiger partial charge >= 0.3 is 0 Å². The van der Waals surface area contributed by atoms with Crippen molar-refractivity contribution in [2.45, 2.75) is 32.6 Å². The van der Waals surface area contributed by atoms with Gasteiger partial charge in [-0.2, -0.15) is 0 Å². The molecule has 0 radical (unpaired) electrons. The largest absolute Gasteiger partial charge is 0.496 e. The molecule has 0 amide bonds. The van der Waals surface area contributed by atoms with E-state index in [1.54, 1.807) is 7.11 Å². The van der Waals surface area contributed by atoms with Crippen molar-refractivity contribution in [1.82, 2.24) is 0 Å². The fraction of sp³-hybridized carbons (Fsp3) is 0.333. The van der Waals surface area contributed by atoms with Crippen LogP contribution in [0.5, 0.6) is 5.75 Å². The van der Waals surface area contributed by atoms with Crippen molar-refractivity contribution in [1.29, 1.82) is 0 Å². The molecule has 0 heterocycles. The Labute approximate surface area is 116 Å². The second-order valence-corrected chi connectivity index (χ2v) is 4.84. The van der Waals surface area contributed by atoms with Crippen LogP contribution in [-0.4, -0.2) is 7.11 Å². The standard InChI is InChI=1S/C18H22O/c1-3-15-12-13-18(19-2)17(14-15)11-7-10-16-8-5-4-6-9-16/h4-6,8-9,12-14H,3,7,10-11H2,1-2H3. The van der Waals surface area contributed by atoms with E-state index < -0.39 is 0 Å². The maximum atomic E-state index is 5.45. The summed E-state index contributed by atoms with van der Waals surface area (Å²) in [5.41, 5.74) is 4.13. The Bertz CT molecular complexity index is 502. The maximum Gasteiger partial charge on any atom is 0.122 e. The van der Waals surface area contributed by atoms with E-state index in [1.807, 2.05) is 0 Å². The van der Waals surface area contributed by atoms with Crippen LogP contribution >= 0.6 is 0 Å². The first-order valence-electron chi connectivity index (χ1n) is 7.03. The second-order valence-electron chi connectivity index (χ2n) is 4.84. The predicted molar refractivity (Wildman–Crippen MR) is 80.8 cm³/mol. The summed E-state index contributed by atoms with van der Waals surface area (Å²) in [6.07, 6.45) is 4.44. The van der Waals surface area contributed by atoms with E-state index in [0.29, 0.717) is 0 Å². The van der Waals surface area contributed by atoms with Gasteiger partial charge in [0.15, 0.2) is 0 Å². The first-order valence-corrected chi connectivity index (χ1v) is 7.03. The van der Waals surface area contributed by atoms with Crippen LogP contribution < -0.4 is 4.74 Å². The summed E-state index contributed by atoms with van der Waals surface area (Å²) in [5.74, 6) is 1.02. The van der Waals surface area contributed by atoms with E-state index in [1.165, 1.54) is 16.7 Å². The quantitative estimate of drug-likeness (QED) is 0.741. The van der Waals surface area contributed by atoms with E-state index in [2.05, 4.69) is 55.5 Å². The monoisotopic (exact) mass is 254 g/mol. The molecule has 0 bridgehead atoms. The minimum absolute atomic E-state index is 1.02. The zero-order valence-electron chi connectivity index (χ0n) is 11.9. The lowest BCUT2D eigenvalue weighted by atomic mass is 10.0. The summed E-state index contributed by atoms with van der Waals surface area (Å²) in [4.78, 5) is 0. The number of hydrogen-bond acceptors (Lipinski definition) is 1. The highest BCUT2D eigenvalue weighted by molar-refractivity contribution is 5.37. The Hall–Kier alpha value is -1.76. The Morgan fingerprint density at radius 2 is 1.68 bits per heavy atom. The molecule has 2 aromatic carbocycles. The highest BCUT2D eigenvalue weighted by atomic mass is 16.5. The lowest BCUT2D eigenvalue weighted by Crippen LogP contribution is -1.96. The van der Waals surface area contributed by atoms with Crippen molar-refractivity contribution < 1.29 is 4.74 Å². The molecule has 0 N–H and O–H groups in total. The number of benzene rings is 2. The molecule has 0 saturated carbocycles. The summed E-state index contributed by atoms with van der Waals surface area (Å²) in [6, 6.07) is 17.2. The van der Waals surface area contributed by atoms with Gasteiger partial charge in [-0.3, -0.25) is 0 Å². The molecule has 0 spiro atoms. The highest BCUT2D eigenvalue weighted by Crippen LogP contribution is 2.22. The summed E-state index contributed by atoms with van der Waals surface area (Å²) < 4.78 is 5.45. The number of rotatable bonds is 6. The molecular weight excluding hydrogens is 232 g/mol. The third-order valence-electron chi connectivity index (χ3n) is 3.51. The van der Waals surface area contributed by atoms with Crippen molar-refractivity contribution in [2.24, 2.45) is 0 Å². The molecule has 19 heavy (non-hydrogen) atoms. The van der Waals surface area contributed by atoms with Crippen molar-refractivity contribution in [3.8, 4) is 5.75 Å². The number of aryl methyl sites for hydroxylation is 3. The van der Waals surface area contributed by atoms with Gasteiger partial charge in [0.25, 0.3) is 0 Å². The topological polar surface area (TPSA) is 9.23 Å². The van der Waals surface area contributed by atoms with E-state index in [4.69, 9.17) is 4.74 Å². The molecule has 1 nitrogen and oxygen atoms in total. The van der Waals surface area contributed by atoms with Gasteiger partial charge in [-0.25, -0.2) is 0 Å². The van der Waals surface area contributed by atoms with Crippen LogP contribution in [0.15, 0.2) is 48.5 Å². The third-order valence-corrected chi connectivity index (χ3v) is 3.51. The lowest BCUT2D eigenvalue weighted by molar-refractivity contribution is 0.409. The van der Waals surface area contributed by atoms with Gasteiger partial charge < -0.3 is 4.74 Å². The lowest BCUT2D eigenvalue weighted by Gasteiger charge is -2.10. The van der Waals surface area contributed by atoms with Crippen molar-refractivity contribution in [3.63, 3.8) is 0 Å². The van der Waals surface area contributed by atoms with Crippen LogP contribution in [0, 0.1) is 0 Å². The van der Waals surface area contributed by atoms with Gasteiger partial charge in [0.2, 0.25) is 0 Å². The van der Waals surface area contributed by atoms with Gasteiger partial charge in [0.1, 0.15) is 5.75 Å². The van der Waals surface area contributed by atoms with Gasteiger partial charge in [-0.05, 0) is 48.4 Å². The zero-order chi connectivity index (χ0) is 13.5. The Balaban J connectivity index is 1.98. The van der Waals surface area contributed by atoms with Gasteiger partial charge in [-0.15, -0.1) is 0 Å². The molecule has 100 valence electrons. The first kappa shape index (κ1) is 13.7. The van der Waals surface area contributed by atoms with E-state index in [0.717, 1.165) is 31.4 Å². The zero-order valence-corrected chi connectivity index (χ0v) is 11.9. The van der Waals surface area contributed by atoms with Gasteiger partial charge in [-0.1, -0.05) is 49.4 Å². The molecule has 0 aliphatic rings. The van der Waals surface area contributed by atoms with Gasteiger partial charge in [0.05, 0.1) is 7.11 Å². The molecule has 0 unspecified atom stereocenters. The van der Waals surface area contributed by atoms with Gasteiger partial charge in [0, 0.05) is 0 Å². The van der Waals surface area contributed by atoms with E-state index >= 15 is 0 Å². The minimum atomic E-state index is 1.02. The summed E-state index contributed by atoms with van der Waals surface area (Å²) in [6.45, 7) is 2.19. The number of methoxy groups -OCH3 is 1. The summed E-state index contributed by atoms with van der Waals surface area (Å²) >= 11 is 0. The van der Waals surface area contributed by atoms with Crippen LogP contribution in [-0.2, 0) is 19.3 Å². The molecular formula is C18H22O. The van der Waals surface area contributed by atoms with E-state index in [-0.39, 0.29) is 0 Å². The molecule has 0 aromatic heterocycles.